The van der Waals surface area contributed by atoms with Crippen LogP contribution >= 0.6 is 27.5 Å². The molecule has 108 valence electrons. The molecule has 0 radical (unpaired) electrons. The normalized spacial score (nSPS) is 14.5. The summed E-state index contributed by atoms with van der Waals surface area (Å²) in [5.74, 6) is 0.0512. The first-order valence-corrected chi connectivity index (χ1v) is 8.13. The molecular formula is C17H15BrClNO. The SMILES string of the molecule is O=C(c1ccc(Cl)cc1Br)N1CCCc2ccccc2C1. The van der Waals surface area contributed by atoms with Gasteiger partial charge in [0.1, 0.15) is 0 Å². The Kier molecular flexibility index (Phi) is 4.32. The molecule has 0 spiro atoms. The molecule has 0 saturated carbocycles. The van der Waals surface area contributed by atoms with Crippen molar-refractivity contribution < 1.29 is 4.79 Å². The maximum Gasteiger partial charge on any atom is 0.255 e. The fourth-order valence-electron chi connectivity index (χ4n) is 2.71. The topological polar surface area (TPSA) is 20.3 Å². The van der Waals surface area contributed by atoms with Gasteiger partial charge < -0.3 is 4.90 Å². The molecule has 1 heterocycles. The van der Waals surface area contributed by atoms with E-state index in [0.717, 1.165) is 23.9 Å². The summed E-state index contributed by atoms with van der Waals surface area (Å²) >= 11 is 9.38. The maximum absolute atomic E-state index is 12.7. The van der Waals surface area contributed by atoms with Crippen LogP contribution < -0.4 is 0 Å². The van der Waals surface area contributed by atoms with Crippen molar-refractivity contribution in [2.45, 2.75) is 19.4 Å². The Labute approximate surface area is 137 Å². The average molecular weight is 365 g/mol. The van der Waals surface area contributed by atoms with Gasteiger partial charge in [-0.05, 0) is 58.1 Å². The Morgan fingerprint density at radius 1 is 1.14 bits per heavy atom. The zero-order valence-corrected chi connectivity index (χ0v) is 13.8. The molecule has 4 heteroatoms. The third-order valence-electron chi connectivity index (χ3n) is 3.80. The minimum atomic E-state index is 0.0512. The van der Waals surface area contributed by atoms with Gasteiger partial charge in [0.25, 0.3) is 5.91 Å². The van der Waals surface area contributed by atoms with Gasteiger partial charge in [-0.15, -0.1) is 0 Å². The number of aryl methyl sites for hydroxylation is 1. The van der Waals surface area contributed by atoms with Crippen LogP contribution in [0.2, 0.25) is 5.02 Å². The van der Waals surface area contributed by atoms with E-state index in [1.807, 2.05) is 11.0 Å². The third-order valence-corrected chi connectivity index (χ3v) is 4.69. The van der Waals surface area contributed by atoms with Crippen molar-refractivity contribution in [3.8, 4) is 0 Å². The van der Waals surface area contributed by atoms with Crippen molar-refractivity contribution in [1.82, 2.24) is 4.90 Å². The Hall–Kier alpha value is -1.32. The molecule has 0 aromatic heterocycles. The van der Waals surface area contributed by atoms with Crippen molar-refractivity contribution in [3.05, 3.63) is 68.7 Å². The van der Waals surface area contributed by atoms with E-state index in [-0.39, 0.29) is 5.91 Å². The highest BCUT2D eigenvalue weighted by Crippen LogP contribution is 2.25. The number of amides is 1. The van der Waals surface area contributed by atoms with Gasteiger partial charge in [0.05, 0.1) is 5.56 Å². The van der Waals surface area contributed by atoms with Gasteiger partial charge in [0, 0.05) is 22.6 Å². The molecule has 0 saturated heterocycles. The Bertz CT molecular complexity index is 686. The lowest BCUT2D eigenvalue weighted by Crippen LogP contribution is -2.30. The maximum atomic E-state index is 12.7. The molecule has 0 bridgehead atoms. The first-order chi connectivity index (χ1) is 10.1. The van der Waals surface area contributed by atoms with Crippen LogP contribution in [0.5, 0.6) is 0 Å². The summed E-state index contributed by atoms with van der Waals surface area (Å²) in [5.41, 5.74) is 3.26. The summed E-state index contributed by atoms with van der Waals surface area (Å²) in [4.78, 5) is 14.7. The van der Waals surface area contributed by atoms with Crippen LogP contribution in [0, 0.1) is 0 Å². The number of carbonyl (C=O) groups excluding carboxylic acids is 1. The lowest BCUT2D eigenvalue weighted by molar-refractivity contribution is 0.0745. The molecule has 1 aliphatic rings. The van der Waals surface area contributed by atoms with Gasteiger partial charge >= 0.3 is 0 Å². The van der Waals surface area contributed by atoms with E-state index in [2.05, 4.69) is 34.1 Å². The van der Waals surface area contributed by atoms with Crippen molar-refractivity contribution in [1.29, 1.82) is 0 Å². The first kappa shape index (κ1) is 14.6. The van der Waals surface area contributed by atoms with E-state index in [0.29, 0.717) is 17.1 Å². The second-order valence-electron chi connectivity index (χ2n) is 5.22. The molecule has 0 unspecified atom stereocenters. The number of carbonyl (C=O) groups is 1. The number of benzene rings is 2. The molecule has 0 fully saturated rings. The van der Waals surface area contributed by atoms with Crippen LogP contribution in [0.25, 0.3) is 0 Å². The van der Waals surface area contributed by atoms with Gasteiger partial charge in [-0.1, -0.05) is 35.9 Å². The fraction of sp³-hybridized carbons (Fsp3) is 0.235. The summed E-state index contributed by atoms with van der Waals surface area (Å²) in [5, 5.41) is 0.625. The molecule has 3 rings (SSSR count). The summed E-state index contributed by atoms with van der Waals surface area (Å²) in [6.45, 7) is 1.45. The van der Waals surface area contributed by atoms with E-state index in [1.165, 1.54) is 11.1 Å². The van der Waals surface area contributed by atoms with Crippen molar-refractivity contribution >= 4 is 33.4 Å². The van der Waals surface area contributed by atoms with Crippen LogP contribution in [0.1, 0.15) is 27.9 Å². The highest BCUT2D eigenvalue weighted by Gasteiger charge is 2.21. The summed E-state index contributed by atoms with van der Waals surface area (Å²) in [6.07, 6.45) is 2.02. The van der Waals surface area contributed by atoms with Crippen molar-refractivity contribution in [3.63, 3.8) is 0 Å². The smallest absolute Gasteiger partial charge is 0.255 e. The third kappa shape index (κ3) is 3.14. The molecule has 2 nitrogen and oxygen atoms in total. The molecule has 21 heavy (non-hydrogen) atoms. The molecule has 2 aromatic carbocycles. The van der Waals surface area contributed by atoms with E-state index in [9.17, 15) is 4.79 Å². The molecule has 0 N–H and O–H groups in total. The summed E-state index contributed by atoms with van der Waals surface area (Å²) in [6, 6.07) is 13.7. The number of halogens is 2. The molecule has 2 aromatic rings. The number of hydrogen-bond donors (Lipinski definition) is 0. The lowest BCUT2D eigenvalue weighted by Gasteiger charge is -2.21. The van der Waals surface area contributed by atoms with Gasteiger partial charge in [-0.2, -0.15) is 0 Å². The van der Waals surface area contributed by atoms with Crippen LogP contribution in [0.15, 0.2) is 46.9 Å². The van der Waals surface area contributed by atoms with Gasteiger partial charge in [0.15, 0.2) is 0 Å². The minimum absolute atomic E-state index is 0.0512. The number of fused-ring (bicyclic) bond motifs is 1. The van der Waals surface area contributed by atoms with Gasteiger partial charge in [-0.25, -0.2) is 0 Å². The standard InChI is InChI=1S/C17H15BrClNO/c18-16-10-14(19)7-8-15(16)17(21)20-9-3-6-12-4-1-2-5-13(12)11-20/h1-2,4-5,7-8,10H,3,6,9,11H2. The predicted octanol–water partition coefficient (Wildman–Crippen LogP) is 4.69. The summed E-state index contributed by atoms with van der Waals surface area (Å²) in [7, 11) is 0. The zero-order valence-electron chi connectivity index (χ0n) is 11.5. The summed E-state index contributed by atoms with van der Waals surface area (Å²) < 4.78 is 0.748. The highest BCUT2D eigenvalue weighted by atomic mass is 79.9. The zero-order chi connectivity index (χ0) is 14.8. The van der Waals surface area contributed by atoms with Crippen LogP contribution in [0.4, 0.5) is 0 Å². The van der Waals surface area contributed by atoms with E-state index >= 15 is 0 Å². The van der Waals surface area contributed by atoms with Crippen molar-refractivity contribution in [2.75, 3.05) is 6.54 Å². The Balaban J connectivity index is 1.88. The lowest BCUT2D eigenvalue weighted by atomic mass is 10.0. The predicted molar refractivity (Wildman–Crippen MR) is 88.7 cm³/mol. The van der Waals surface area contributed by atoms with E-state index in [4.69, 9.17) is 11.6 Å². The minimum Gasteiger partial charge on any atom is -0.334 e. The van der Waals surface area contributed by atoms with Gasteiger partial charge in [0.2, 0.25) is 0 Å². The second-order valence-corrected chi connectivity index (χ2v) is 6.51. The van der Waals surface area contributed by atoms with E-state index in [1.54, 1.807) is 18.2 Å². The molecule has 1 amide bonds. The molecule has 0 atom stereocenters. The van der Waals surface area contributed by atoms with Crippen molar-refractivity contribution in [2.24, 2.45) is 0 Å². The average Bonchev–Trinajstić information content (AvgIpc) is 2.68. The van der Waals surface area contributed by atoms with Crippen LogP contribution in [-0.4, -0.2) is 17.4 Å². The quantitative estimate of drug-likeness (QED) is 0.719. The molecule has 0 aliphatic carbocycles. The number of nitrogens with zero attached hydrogens (tertiary/aromatic N) is 1. The monoisotopic (exact) mass is 363 g/mol. The molecule has 1 aliphatic heterocycles. The van der Waals surface area contributed by atoms with Crippen LogP contribution in [-0.2, 0) is 13.0 Å². The largest absolute Gasteiger partial charge is 0.334 e. The Morgan fingerprint density at radius 3 is 2.67 bits per heavy atom. The molecular weight excluding hydrogens is 350 g/mol. The van der Waals surface area contributed by atoms with E-state index < -0.39 is 0 Å². The second kappa shape index (κ2) is 6.20. The first-order valence-electron chi connectivity index (χ1n) is 6.96. The number of rotatable bonds is 1. The Morgan fingerprint density at radius 2 is 1.90 bits per heavy atom. The fourth-order valence-corrected chi connectivity index (χ4v) is 3.56. The van der Waals surface area contributed by atoms with Crippen LogP contribution in [0.3, 0.4) is 0 Å². The van der Waals surface area contributed by atoms with Gasteiger partial charge in [-0.3, -0.25) is 4.79 Å². The highest BCUT2D eigenvalue weighted by molar-refractivity contribution is 9.10. The number of hydrogen-bond acceptors (Lipinski definition) is 1.